The molecule has 0 spiro atoms. The topological polar surface area (TPSA) is 78.5 Å². The van der Waals surface area contributed by atoms with Gasteiger partial charge in [0.05, 0.1) is 4.90 Å². The molecule has 7 heteroatoms. The van der Waals surface area contributed by atoms with E-state index in [-0.39, 0.29) is 22.9 Å². The Kier molecular flexibility index (Phi) is 6.04. The molecule has 1 saturated heterocycles. The van der Waals surface area contributed by atoms with Gasteiger partial charge in [-0.25, -0.2) is 13.1 Å². The molecule has 3 fully saturated rings. The van der Waals surface area contributed by atoms with Crippen LogP contribution in [0.2, 0.25) is 0 Å². The number of benzene rings is 1. The van der Waals surface area contributed by atoms with Crippen LogP contribution in [0.5, 0.6) is 0 Å². The number of nitrogens with zero attached hydrogens (tertiary/aromatic N) is 1. The summed E-state index contributed by atoms with van der Waals surface area (Å²) in [5, 5.41) is 3.10. The van der Waals surface area contributed by atoms with Gasteiger partial charge in [0.15, 0.2) is 0 Å². The van der Waals surface area contributed by atoms with Crippen LogP contribution in [-0.2, 0) is 10.0 Å². The summed E-state index contributed by atoms with van der Waals surface area (Å²) in [6.45, 7) is 3.26. The Morgan fingerprint density at radius 2 is 1.71 bits per heavy atom. The molecule has 1 aromatic rings. The molecule has 3 aliphatic rings. The molecule has 0 unspecified atom stereocenters. The maximum atomic E-state index is 12.6. The van der Waals surface area contributed by atoms with Crippen LogP contribution in [0.1, 0.15) is 61.7 Å². The lowest BCUT2D eigenvalue weighted by Gasteiger charge is -2.33. The summed E-state index contributed by atoms with van der Waals surface area (Å²) in [6.07, 6.45) is 9.18. The number of hydrogen-bond acceptors (Lipinski definition) is 4. The molecule has 0 atom stereocenters. The van der Waals surface area contributed by atoms with E-state index in [4.69, 9.17) is 0 Å². The first kappa shape index (κ1) is 19.9. The third kappa shape index (κ3) is 5.13. The smallest absolute Gasteiger partial charge is 0.251 e. The normalized spacial score (nSPS) is 22.4. The number of likely N-dealkylation sites (tertiary alicyclic amines) is 1. The Bertz CT molecular complexity index is 793. The lowest BCUT2D eigenvalue weighted by atomic mass is 10.0. The Morgan fingerprint density at radius 1 is 1.00 bits per heavy atom. The van der Waals surface area contributed by atoms with Gasteiger partial charge in [-0.3, -0.25) is 4.79 Å². The van der Waals surface area contributed by atoms with Gasteiger partial charge in [-0.15, -0.1) is 0 Å². The zero-order valence-electron chi connectivity index (χ0n) is 16.4. The highest BCUT2D eigenvalue weighted by atomic mass is 32.2. The quantitative estimate of drug-likeness (QED) is 0.731. The summed E-state index contributed by atoms with van der Waals surface area (Å²) in [4.78, 5) is 15.3. The fraction of sp³-hybridized carbons (Fsp3) is 0.667. The van der Waals surface area contributed by atoms with E-state index in [1.54, 1.807) is 18.2 Å². The van der Waals surface area contributed by atoms with Crippen LogP contribution < -0.4 is 10.0 Å². The molecule has 2 saturated carbocycles. The van der Waals surface area contributed by atoms with E-state index < -0.39 is 10.0 Å². The van der Waals surface area contributed by atoms with Gasteiger partial charge in [0.1, 0.15) is 0 Å². The number of rotatable bonds is 7. The number of hydrogen-bond donors (Lipinski definition) is 2. The number of amides is 1. The van der Waals surface area contributed by atoms with Crippen molar-refractivity contribution >= 4 is 15.9 Å². The maximum absolute atomic E-state index is 12.6. The van der Waals surface area contributed by atoms with E-state index in [9.17, 15) is 13.2 Å². The largest absolute Gasteiger partial charge is 0.349 e. The van der Waals surface area contributed by atoms with Crippen molar-refractivity contribution in [3.05, 3.63) is 29.8 Å². The van der Waals surface area contributed by atoms with E-state index in [1.807, 2.05) is 0 Å². The lowest BCUT2D eigenvalue weighted by molar-refractivity contribution is 0.0905. The monoisotopic (exact) mass is 405 g/mol. The predicted molar refractivity (Wildman–Crippen MR) is 109 cm³/mol. The third-order valence-corrected chi connectivity index (χ3v) is 7.74. The zero-order valence-corrected chi connectivity index (χ0v) is 17.2. The van der Waals surface area contributed by atoms with Crippen LogP contribution in [-0.4, -0.2) is 50.9 Å². The summed E-state index contributed by atoms with van der Waals surface area (Å²) in [5.41, 5.74) is 0.409. The minimum absolute atomic E-state index is 0.0527. The van der Waals surface area contributed by atoms with Gasteiger partial charge >= 0.3 is 0 Å². The van der Waals surface area contributed by atoms with Crippen molar-refractivity contribution in [2.24, 2.45) is 5.92 Å². The van der Waals surface area contributed by atoms with Crippen molar-refractivity contribution in [3.8, 4) is 0 Å². The van der Waals surface area contributed by atoms with Gasteiger partial charge in [0.25, 0.3) is 5.91 Å². The van der Waals surface area contributed by atoms with Gasteiger partial charge in [0, 0.05) is 37.3 Å². The van der Waals surface area contributed by atoms with Crippen molar-refractivity contribution < 1.29 is 13.2 Å². The van der Waals surface area contributed by atoms with Crippen LogP contribution in [0.4, 0.5) is 0 Å². The Balaban J connectivity index is 1.30. The van der Waals surface area contributed by atoms with Crippen LogP contribution in [0.3, 0.4) is 0 Å². The van der Waals surface area contributed by atoms with Crippen molar-refractivity contribution in [3.63, 3.8) is 0 Å². The van der Waals surface area contributed by atoms with Crippen molar-refractivity contribution in [1.82, 2.24) is 14.9 Å². The summed E-state index contributed by atoms with van der Waals surface area (Å²) in [6, 6.07) is 6.56. The molecule has 6 nitrogen and oxygen atoms in total. The summed E-state index contributed by atoms with van der Waals surface area (Å²) >= 11 is 0. The van der Waals surface area contributed by atoms with Crippen LogP contribution >= 0.6 is 0 Å². The van der Waals surface area contributed by atoms with Crippen LogP contribution in [0.15, 0.2) is 29.2 Å². The molecular weight excluding hydrogens is 374 g/mol. The second-order valence-electron chi connectivity index (χ2n) is 8.62. The van der Waals surface area contributed by atoms with E-state index in [2.05, 4.69) is 14.9 Å². The SMILES string of the molecule is O=C(NC1CCN(CC2CCCC2)CC1)c1cccc(S(=O)(=O)NC2CC2)c1. The predicted octanol–water partition coefficient (Wildman–Crippen LogP) is 2.51. The van der Waals surface area contributed by atoms with Crippen molar-refractivity contribution in [1.29, 1.82) is 0 Å². The molecule has 0 bridgehead atoms. The fourth-order valence-electron chi connectivity index (χ4n) is 4.38. The first-order chi connectivity index (χ1) is 13.5. The first-order valence-electron chi connectivity index (χ1n) is 10.7. The van der Waals surface area contributed by atoms with Gasteiger partial charge in [0.2, 0.25) is 10.0 Å². The zero-order chi connectivity index (χ0) is 19.6. The van der Waals surface area contributed by atoms with Crippen LogP contribution in [0, 0.1) is 5.92 Å². The number of carbonyl (C=O) groups is 1. The van der Waals surface area contributed by atoms with Gasteiger partial charge in [-0.2, -0.15) is 0 Å². The molecule has 4 rings (SSSR count). The number of piperidine rings is 1. The average Bonchev–Trinajstić information content (AvgIpc) is 3.34. The van der Waals surface area contributed by atoms with Crippen molar-refractivity contribution in [2.75, 3.05) is 19.6 Å². The van der Waals surface area contributed by atoms with Gasteiger partial charge in [-0.1, -0.05) is 18.9 Å². The second-order valence-corrected chi connectivity index (χ2v) is 10.3. The minimum Gasteiger partial charge on any atom is -0.349 e. The van der Waals surface area contributed by atoms with E-state index in [1.165, 1.54) is 38.3 Å². The molecule has 1 aliphatic heterocycles. The summed E-state index contributed by atoms with van der Waals surface area (Å²) < 4.78 is 27.4. The molecule has 0 radical (unpaired) electrons. The number of carbonyl (C=O) groups excluding carboxylic acids is 1. The molecule has 1 amide bonds. The van der Waals surface area contributed by atoms with E-state index in [0.717, 1.165) is 44.7 Å². The first-order valence-corrected chi connectivity index (χ1v) is 12.1. The molecule has 2 aliphatic carbocycles. The molecule has 2 N–H and O–H groups in total. The standard InChI is InChI=1S/C21H31N3O3S/c25-21(17-6-3-7-20(14-17)28(26,27)23-19-8-9-19)22-18-10-12-24(13-11-18)15-16-4-1-2-5-16/h3,6-7,14,16,18-19,23H,1-2,4-5,8-13,15H2,(H,22,25). The van der Waals surface area contributed by atoms with E-state index >= 15 is 0 Å². The molecule has 0 aromatic heterocycles. The molecule has 28 heavy (non-hydrogen) atoms. The number of nitrogens with one attached hydrogen (secondary N) is 2. The highest BCUT2D eigenvalue weighted by Crippen LogP contribution is 2.26. The lowest BCUT2D eigenvalue weighted by Crippen LogP contribution is -2.45. The molecule has 1 heterocycles. The Labute approximate surface area is 168 Å². The Morgan fingerprint density at radius 3 is 2.39 bits per heavy atom. The van der Waals surface area contributed by atoms with Crippen LogP contribution in [0.25, 0.3) is 0 Å². The second kappa shape index (κ2) is 8.51. The molecular formula is C21H31N3O3S. The number of sulfonamides is 1. The van der Waals surface area contributed by atoms with Crippen molar-refractivity contribution in [2.45, 2.75) is 68.3 Å². The molecule has 1 aromatic carbocycles. The van der Waals surface area contributed by atoms with Gasteiger partial charge < -0.3 is 10.2 Å². The highest BCUT2D eigenvalue weighted by molar-refractivity contribution is 7.89. The summed E-state index contributed by atoms with van der Waals surface area (Å²) in [5.74, 6) is 0.679. The maximum Gasteiger partial charge on any atom is 0.251 e. The highest BCUT2D eigenvalue weighted by Gasteiger charge is 2.29. The molecule has 154 valence electrons. The minimum atomic E-state index is -3.54. The van der Waals surface area contributed by atoms with E-state index in [0.29, 0.717) is 5.56 Å². The summed E-state index contributed by atoms with van der Waals surface area (Å²) in [7, 11) is -3.54. The third-order valence-electron chi connectivity index (χ3n) is 6.22. The van der Waals surface area contributed by atoms with Gasteiger partial charge in [-0.05, 0) is 62.6 Å². The average molecular weight is 406 g/mol. The Hall–Kier alpha value is -1.44. The fourth-order valence-corrected chi connectivity index (χ4v) is 5.73.